The lowest BCUT2D eigenvalue weighted by Gasteiger charge is -2.32. The number of hydrogen-bond acceptors (Lipinski definition) is 3. The van der Waals surface area contributed by atoms with Gasteiger partial charge in [0.1, 0.15) is 6.04 Å². The Labute approximate surface area is 237 Å². The van der Waals surface area contributed by atoms with Crippen molar-refractivity contribution in [1.82, 2.24) is 10.2 Å². The highest BCUT2D eigenvalue weighted by Gasteiger charge is 2.32. The van der Waals surface area contributed by atoms with Gasteiger partial charge < -0.3 is 10.2 Å². The van der Waals surface area contributed by atoms with Gasteiger partial charge in [0.2, 0.25) is 11.8 Å². The van der Waals surface area contributed by atoms with Crippen LogP contribution in [0.3, 0.4) is 0 Å². The smallest absolute Gasteiger partial charge is 0.243 e. The molecule has 0 aliphatic heterocycles. The van der Waals surface area contributed by atoms with Crippen LogP contribution in [-0.2, 0) is 22.6 Å². The van der Waals surface area contributed by atoms with Crippen molar-refractivity contribution in [3.8, 4) is 0 Å². The van der Waals surface area contributed by atoms with E-state index in [4.69, 9.17) is 11.6 Å². The van der Waals surface area contributed by atoms with E-state index in [-0.39, 0.29) is 17.9 Å². The molecule has 2 amide bonds. The van der Waals surface area contributed by atoms with Crippen LogP contribution in [0, 0.1) is 0 Å². The number of rotatable bonds is 11. The Bertz CT molecular complexity index is 1150. The molecule has 3 aromatic rings. The molecule has 4 rings (SSSR count). The van der Waals surface area contributed by atoms with Crippen LogP contribution in [-0.4, -0.2) is 34.6 Å². The summed E-state index contributed by atoms with van der Waals surface area (Å²) in [7, 11) is 0. The van der Waals surface area contributed by atoms with Gasteiger partial charge in [0.25, 0.3) is 0 Å². The molecule has 1 N–H and O–H groups in total. The molecule has 1 atom stereocenters. The van der Waals surface area contributed by atoms with Crippen LogP contribution in [0.2, 0.25) is 5.02 Å². The lowest BCUT2D eigenvalue weighted by molar-refractivity contribution is -0.141. The Hall–Kier alpha value is -2.28. The fourth-order valence-electron chi connectivity index (χ4n) is 4.64. The number of nitrogens with one attached hydrogen (secondary N) is 1. The Morgan fingerprint density at radius 2 is 1.62 bits per heavy atom. The SMILES string of the molecule is O=C(NC1CCCC1)[C@H](Cc1ccccc1)N(Cc1ccc(Br)cc1)C(=O)CCSc1ccc(Cl)cc1. The molecule has 0 heterocycles. The average Bonchev–Trinajstić information content (AvgIpc) is 3.42. The first-order valence-corrected chi connectivity index (χ1v) is 14.9. The van der Waals surface area contributed by atoms with Gasteiger partial charge in [0.05, 0.1) is 0 Å². The summed E-state index contributed by atoms with van der Waals surface area (Å²) < 4.78 is 0.980. The molecule has 37 heavy (non-hydrogen) atoms. The van der Waals surface area contributed by atoms with Gasteiger partial charge in [-0.15, -0.1) is 11.8 Å². The van der Waals surface area contributed by atoms with Crippen molar-refractivity contribution in [3.63, 3.8) is 0 Å². The zero-order valence-corrected chi connectivity index (χ0v) is 23.9. The molecule has 1 aliphatic rings. The van der Waals surface area contributed by atoms with E-state index >= 15 is 0 Å². The van der Waals surface area contributed by atoms with Gasteiger partial charge in [-0.25, -0.2) is 0 Å². The van der Waals surface area contributed by atoms with E-state index in [1.807, 2.05) is 78.9 Å². The van der Waals surface area contributed by atoms with E-state index in [0.717, 1.165) is 46.2 Å². The number of hydrogen-bond donors (Lipinski definition) is 1. The molecule has 0 aromatic heterocycles. The van der Waals surface area contributed by atoms with Crippen molar-refractivity contribution in [2.45, 2.75) is 62.0 Å². The van der Waals surface area contributed by atoms with Crippen LogP contribution in [0.25, 0.3) is 0 Å². The molecule has 1 aliphatic carbocycles. The third-order valence-electron chi connectivity index (χ3n) is 6.64. The second-order valence-corrected chi connectivity index (χ2v) is 11.9. The number of amides is 2. The minimum absolute atomic E-state index is 0.0214. The highest BCUT2D eigenvalue weighted by atomic mass is 79.9. The number of nitrogens with zero attached hydrogens (tertiary/aromatic N) is 1. The normalized spacial score (nSPS) is 14.3. The molecule has 0 spiro atoms. The third-order valence-corrected chi connectivity index (χ3v) is 8.43. The van der Waals surface area contributed by atoms with Gasteiger partial charge in [-0.3, -0.25) is 9.59 Å². The van der Waals surface area contributed by atoms with Crippen molar-refractivity contribution in [3.05, 3.63) is 99.5 Å². The molecule has 1 fully saturated rings. The molecule has 4 nitrogen and oxygen atoms in total. The molecule has 0 unspecified atom stereocenters. The maximum Gasteiger partial charge on any atom is 0.243 e. The van der Waals surface area contributed by atoms with Crippen LogP contribution in [0.4, 0.5) is 0 Å². The van der Waals surface area contributed by atoms with Gasteiger partial charge in [-0.2, -0.15) is 0 Å². The molecule has 0 bridgehead atoms. The number of benzene rings is 3. The quantitative estimate of drug-likeness (QED) is 0.236. The lowest BCUT2D eigenvalue weighted by atomic mass is 10.0. The summed E-state index contributed by atoms with van der Waals surface area (Å²) >= 11 is 11.1. The lowest BCUT2D eigenvalue weighted by Crippen LogP contribution is -2.52. The zero-order valence-electron chi connectivity index (χ0n) is 20.7. The fourth-order valence-corrected chi connectivity index (χ4v) is 5.87. The van der Waals surface area contributed by atoms with Crippen LogP contribution in [0.15, 0.2) is 88.2 Å². The first kappa shape index (κ1) is 27.7. The van der Waals surface area contributed by atoms with Crippen molar-refractivity contribution in [2.24, 2.45) is 0 Å². The molecule has 0 radical (unpaired) electrons. The summed E-state index contributed by atoms with van der Waals surface area (Å²) in [5.41, 5.74) is 2.03. The molecule has 1 saturated carbocycles. The highest BCUT2D eigenvalue weighted by Crippen LogP contribution is 2.24. The van der Waals surface area contributed by atoms with Crippen LogP contribution in [0.5, 0.6) is 0 Å². The summed E-state index contributed by atoms with van der Waals surface area (Å²) in [5.74, 6) is 0.540. The maximum atomic E-state index is 13.7. The summed E-state index contributed by atoms with van der Waals surface area (Å²) in [5, 5.41) is 3.95. The van der Waals surface area contributed by atoms with Crippen molar-refractivity contribution in [1.29, 1.82) is 0 Å². The topological polar surface area (TPSA) is 49.4 Å². The molecular weight excluding hydrogens is 568 g/mol. The summed E-state index contributed by atoms with van der Waals surface area (Å²) in [4.78, 5) is 30.3. The summed E-state index contributed by atoms with van der Waals surface area (Å²) in [6.07, 6.45) is 5.09. The second kappa shape index (κ2) is 14.0. The summed E-state index contributed by atoms with van der Waals surface area (Å²) in [6.45, 7) is 0.382. The predicted molar refractivity (Wildman–Crippen MR) is 156 cm³/mol. The Morgan fingerprint density at radius 1 is 0.946 bits per heavy atom. The van der Waals surface area contributed by atoms with Crippen LogP contribution >= 0.6 is 39.3 Å². The molecule has 7 heteroatoms. The maximum absolute atomic E-state index is 13.7. The first-order valence-electron chi connectivity index (χ1n) is 12.7. The Morgan fingerprint density at radius 3 is 2.30 bits per heavy atom. The molecule has 0 saturated heterocycles. The first-order chi connectivity index (χ1) is 18.0. The minimum Gasteiger partial charge on any atom is -0.352 e. The fraction of sp³-hybridized carbons (Fsp3) is 0.333. The Kier molecular flexibility index (Phi) is 10.5. The van der Waals surface area contributed by atoms with Gasteiger partial charge in [0, 0.05) is 45.6 Å². The minimum atomic E-state index is -0.584. The van der Waals surface area contributed by atoms with E-state index in [2.05, 4.69) is 21.2 Å². The molecular formula is C30H32BrClN2O2S. The number of carbonyl (C=O) groups is 2. The number of carbonyl (C=O) groups excluding carboxylic acids is 2. The average molecular weight is 600 g/mol. The van der Waals surface area contributed by atoms with E-state index < -0.39 is 6.04 Å². The predicted octanol–water partition coefficient (Wildman–Crippen LogP) is 7.28. The van der Waals surface area contributed by atoms with Gasteiger partial charge in [-0.05, 0) is 60.4 Å². The second-order valence-electron chi connectivity index (χ2n) is 9.40. The van der Waals surface area contributed by atoms with Gasteiger partial charge in [-0.1, -0.05) is 82.8 Å². The van der Waals surface area contributed by atoms with E-state index in [1.165, 1.54) is 0 Å². The van der Waals surface area contributed by atoms with Crippen molar-refractivity contribution in [2.75, 3.05) is 5.75 Å². The molecule has 3 aromatic carbocycles. The zero-order chi connectivity index (χ0) is 26.0. The van der Waals surface area contributed by atoms with Crippen molar-refractivity contribution >= 4 is 51.1 Å². The number of thioether (sulfide) groups is 1. The van der Waals surface area contributed by atoms with Gasteiger partial charge >= 0.3 is 0 Å². The standard InChI is InChI=1S/C30H32BrClN2O2S/c31-24-12-10-23(11-13-24)21-34(29(35)18-19-37-27-16-14-25(32)15-17-27)28(20-22-6-2-1-3-7-22)30(36)33-26-8-4-5-9-26/h1-3,6-7,10-17,26,28H,4-5,8-9,18-21H2,(H,33,36)/t28-/m0/s1. The Balaban J connectivity index is 1.55. The van der Waals surface area contributed by atoms with Crippen molar-refractivity contribution < 1.29 is 9.59 Å². The van der Waals surface area contributed by atoms with E-state index in [1.54, 1.807) is 16.7 Å². The highest BCUT2D eigenvalue weighted by molar-refractivity contribution is 9.10. The molecule has 194 valence electrons. The third kappa shape index (κ3) is 8.62. The van der Waals surface area contributed by atoms with Crippen LogP contribution in [0.1, 0.15) is 43.2 Å². The number of halogens is 2. The largest absolute Gasteiger partial charge is 0.352 e. The van der Waals surface area contributed by atoms with E-state index in [9.17, 15) is 9.59 Å². The summed E-state index contributed by atoms with van der Waals surface area (Å²) in [6, 6.07) is 25.2. The van der Waals surface area contributed by atoms with Crippen LogP contribution < -0.4 is 5.32 Å². The van der Waals surface area contributed by atoms with E-state index in [0.29, 0.717) is 30.2 Å². The van der Waals surface area contributed by atoms with Gasteiger partial charge in [0.15, 0.2) is 0 Å². The monoisotopic (exact) mass is 598 g/mol.